The molecule has 4 rings (SSSR count). The van der Waals surface area contributed by atoms with Crippen molar-refractivity contribution in [2.24, 2.45) is 0 Å². The predicted molar refractivity (Wildman–Crippen MR) is 117 cm³/mol. The fourth-order valence-corrected chi connectivity index (χ4v) is 4.30. The van der Waals surface area contributed by atoms with E-state index in [2.05, 4.69) is 10.2 Å². The van der Waals surface area contributed by atoms with Crippen molar-refractivity contribution in [3.63, 3.8) is 0 Å². The number of thiophene rings is 1. The van der Waals surface area contributed by atoms with E-state index < -0.39 is 0 Å². The molecule has 156 valence electrons. The summed E-state index contributed by atoms with van der Waals surface area (Å²) in [4.78, 5) is 29.9. The van der Waals surface area contributed by atoms with Crippen LogP contribution in [0.5, 0.6) is 5.75 Å². The SMILES string of the molecule is COc1ccc(N2CCCN(C(=O)c3ccc(NC(=O)c4ccco4)s3)CC2)cc1. The third-order valence-corrected chi connectivity index (χ3v) is 6.01. The molecule has 3 aromatic rings. The second-order valence-corrected chi connectivity index (χ2v) is 8.01. The van der Waals surface area contributed by atoms with Gasteiger partial charge in [0.05, 0.1) is 23.3 Å². The summed E-state index contributed by atoms with van der Waals surface area (Å²) in [6, 6.07) is 14.8. The molecule has 1 aliphatic heterocycles. The lowest BCUT2D eigenvalue weighted by atomic mass is 10.2. The molecule has 8 heteroatoms. The summed E-state index contributed by atoms with van der Waals surface area (Å²) in [7, 11) is 1.66. The molecule has 1 aromatic carbocycles. The van der Waals surface area contributed by atoms with Crippen LogP contribution in [-0.4, -0.2) is 50.0 Å². The first kappa shape index (κ1) is 20.0. The molecule has 1 aliphatic rings. The van der Waals surface area contributed by atoms with E-state index in [9.17, 15) is 9.59 Å². The van der Waals surface area contributed by atoms with Crippen molar-refractivity contribution in [2.75, 3.05) is 43.5 Å². The van der Waals surface area contributed by atoms with Crippen molar-refractivity contribution < 1.29 is 18.7 Å². The molecule has 30 heavy (non-hydrogen) atoms. The number of carbonyl (C=O) groups excluding carboxylic acids is 2. The molecule has 1 saturated heterocycles. The zero-order valence-corrected chi connectivity index (χ0v) is 17.5. The van der Waals surface area contributed by atoms with Crippen LogP contribution in [0.2, 0.25) is 0 Å². The first-order valence-corrected chi connectivity index (χ1v) is 10.6. The summed E-state index contributed by atoms with van der Waals surface area (Å²) in [6.45, 7) is 3.02. The monoisotopic (exact) mass is 425 g/mol. The molecule has 0 aliphatic carbocycles. The zero-order chi connectivity index (χ0) is 20.9. The van der Waals surface area contributed by atoms with E-state index in [1.807, 2.05) is 29.2 Å². The lowest BCUT2D eigenvalue weighted by molar-refractivity contribution is 0.0771. The lowest BCUT2D eigenvalue weighted by Crippen LogP contribution is -2.34. The van der Waals surface area contributed by atoms with Crippen LogP contribution >= 0.6 is 11.3 Å². The predicted octanol–water partition coefficient (Wildman–Crippen LogP) is 3.95. The van der Waals surface area contributed by atoms with Gasteiger partial charge in [0, 0.05) is 31.9 Å². The van der Waals surface area contributed by atoms with Gasteiger partial charge < -0.3 is 24.3 Å². The van der Waals surface area contributed by atoms with Gasteiger partial charge in [-0.3, -0.25) is 9.59 Å². The standard InChI is InChI=1S/C22H23N3O4S/c1-28-17-7-5-16(6-8-17)24-11-3-12-25(14-13-24)22(27)19-9-10-20(30-19)23-21(26)18-4-2-15-29-18/h2,4-10,15H,3,11-14H2,1H3,(H,23,26). The number of rotatable bonds is 5. The number of amides is 2. The van der Waals surface area contributed by atoms with Gasteiger partial charge in [-0.1, -0.05) is 0 Å². The average molecular weight is 426 g/mol. The fraction of sp³-hybridized carbons (Fsp3) is 0.273. The summed E-state index contributed by atoms with van der Waals surface area (Å²) >= 11 is 1.28. The van der Waals surface area contributed by atoms with E-state index in [0.717, 1.165) is 30.9 Å². The maximum atomic E-state index is 13.0. The maximum absolute atomic E-state index is 13.0. The van der Waals surface area contributed by atoms with E-state index in [0.29, 0.717) is 23.0 Å². The van der Waals surface area contributed by atoms with Crippen LogP contribution in [0.1, 0.15) is 26.6 Å². The van der Waals surface area contributed by atoms with Crippen molar-refractivity contribution in [3.05, 3.63) is 65.4 Å². The summed E-state index contributed by atoms with van der Waals surface area (Å²) in [5, 5.41) is 3.39. The highest BCUT2D eigenvalue weighted by molar-refractivity contribution is 7.18. The van der Waals surface area contributed by atoms with Gasteiger partial charge in [-0.25, -0.2) is 0 Å². The number of carbonyl (C=O) groups is 2. The highest BCUT2D eigenvalue weighted by Crippen LogP contribution is 2.25. The molecule has 3 heterocycles. The van der Waals surface area contributed by atoms with Crippen LogP contribution in [0.15, 0.2) is 59.2 Å². The van der Waals surface area contributed by atoms with Gasteiger partial charge in [0.1, 0.15) is 5.75 Å². The van der Waals surface area contributed by atoms with Gasteiger partial charge in [0.25, 0.3) is 11.8 Å². The first-order valence-electron chi connectivity index (χ1n) is 9.77. The highest BCUT2D eigenvalue weighted by Gasteiger charge is 2.22. The van der Waals surface area contributed by atoms with E-state index >= 15 is 0 Å². The lowest BCUT2D eigenvalue weighted by Gasteiger charge is -2.23. The Bertz CT molecular complexity index is 998. The van der Waals surface area contributed by atoms with E-state index in [1.54, 1.807) is 31.4 Å². The first-order chi connectivity index (χ1) is 14.6. The molecule has 0 saturated carbocycles. The Hall–Kier alpha value is -3.26. The zero-order valence-electron chi connectivity index (χ0n) is 16.7. The summed E-state index contributed by atoms with van der Waals surface area (Å²) in [5.74, 6) is 0.737. The topological polar surface area (TPSA) is 75.0 Å². The Labute approximate surface area is 178 Å². The number of nitrogens with one attached hydrogen (secondary N) is 1. The second-order valence-electron chi connectivity index (χ2n) is 6.93. The third kappa shape index (κ3) is 4.49. The molecule has 0 unspecified atom stereocenters. The number of anilines is 2. The Balaban J connectivity index is 1.37. The molecule has 2 aromatic heterocycles. The van der Waals surface area contributed by atoms with Crippen molar-refractivity contribution in [1.82, 2.24) is 4.90 Å². The molecule has 0 atom stereocenters. The molecule has 0 bridgehead atoms. The van der Waals surface area contributed by atoms with E-state index in [-0.39, 0.29) is 17.6 Å². The van der Waals surface area contributed by atoms with E-state index in [1.165, 1.54) is 17.6 Å². The molecule has 0 radical (unpaired) electrons. The maximum Gasteiger partial charge on any atom is 0.291 e. The van der Waals surface area contributed by atoms with Gasteiger partial charge in [-0.05, 0) is 55.0 Å². The van der Waals surface area contributed by atoms with Gasteiger partial charge in [0.2, 0.25) is 0 Å². The molecule has 1 N–H and O–H groups in total. The molecule has 7 nitrogen and oxygen atoms in total. The normalized spacial score (nSPS) is 14.3. The van der Waals surface area contributed by atoms with Gasteiger partial charge in [-0.2, -0.15) is 0 Å². The number of nitrogens with zero attached hydrogens (tertiary/aromatic N) is 2. The fourth-order valence-electron chi connectivity index (χ4n) is 3.43. The largest absolute Gasteiger partial charge is 0.497 e. The molecule has 2 amide bonds. The molecular weight excluding hydrogens is 402 g/mol. The van der Waals surface area contributed by atoms with Crippen LogP contribution < -0.4 is 15.0 Å². The highest BCUT2D eigenvalue weighted by atomic mass is 32.1. The Morgan fingerprint density at radius 2 is 1.87 bits per heavy atom. The minimum Gasteiger partial charge on any atom is -0.497 e. The van der Waals surface area contributed by atoms with Crippen molar-refractivity contribution in [1.29, 1.82) is 0 Å². The number of hydrogen-bond acceptors (Lipinski definition) is 6. The van der Waals surface area contributed by atoms with Crippen molar-refractivity contribution >= 4 is 33.8 Å². The van der Waals surface area contributed by atoms with Crippen molar-refractivity contribution in [3.8, 4) is 5.75 Å². The Morgan fingerprint density at radius 3 is 2.60 bits per heavy atom. The summed E-state index contributed by atoms with van der Waals surface area (Å²) in [6.07, 6.45) is 2.35. The van der Waals surface area contributed by atoms with Crippen LogP contribution in [0.4, 0.5) is 10.7 Å². The number of furan rings is 1. The summed E-state index contributed by atoms with van der Waals surface area (Å²) < 4.78 is 10.3. The number of hydrogen-bond donors (Lipinski definition) is 1. The second kappa shape index (κ2) is 9.04. The quantitative estimate of drug-likeness (QED) is 0.670. The Kier molecular flexibility index (Phi) is 6.04. The third-order valence-electron chi connectivity index (χ3n) is 5.02. The van der Waals surface area contributed by atoms with Crippen LogP contribution in [0.25, 0.3) is 0 Å². The number of methoxy groups -OCH3 is 1. The van der Waals surface area contributed by atoms with Gasteiger partial charge in [0.15, 0.2) is 5.76 Å². The number of ether oxygens (including phenoxy) is 1. The Morgan fingerprint density at radius 1 is 1.03 bits per heavy atom. The molecule has 0 spiro atoms. The van der Waals surface area contributed by atoms with Gasteiger partial charge >= 0.3 is 0 Å². The van der Waals surface area contributed by atoms with E-state index in [4.69, 9.17) is 9.15 Å². The smallest absolute Gasteiger partial charge is 0.291 e. The number of benzene rings is 1. The van der Waals surface area contributed by atoms with Crippen molar-refractivity contribution in [2.45, 2.75) is 6.42 Å². The minimum atomic E-state index is -0.328. The summed E-state index contributed by atoms with van der Waals surface area (Å²) in [5.41, 5.74) is 1.13. The average Bonchev–Trinajstić information content (AvgIpc) is 3.41. The minimum absolute atomic E-state index is 0.00456. The molecule has 1 fully saturated rings. The van der Waals surface area contributed by atoms with Gasteiger partial charge in [-0.15, -0.1) is 11.3 Å². The van der Waals surface area contributed by atoms with Crippen LogP contribution in [-0.2, 0) is 0 Å². The van der Waals surface area contributed by atoms with Crippen LogP contribution in [0, 0.1) is 0 Å². The van der Waals surface area contributed by atoms with Crippen LogP contribution in [0.3, 0.4) is 0 Å². The molecular formula is C22H23N3O4S.